The van der Waals surface area contributed by atoms with Gasteiger partial charge in [-0.3, -0.25) is 4.99 Å². The molecule has 2 aliphatic rings. The molecular weight excluding hydrogens is 286 g/mol. The molecule has 21 heavy (non-hydrogen) atoms. The third kappa shape index (κ3) is 2.10. The van der Waals surface area contributed by atoms with E-state index in [2.05, 4.69) is 20.1 Å². The number of nitrogens with zero attached hydrogens (tertiary/aromatic N) is 5. The fourth-order valence-electron chi connectivity index (χ4n) is 2.50. The molecule has 5 nitrogen and oxygen atoms in total. The van der Waals surface area contributed by atoms with Gasteiger partial charge in [0.2, 0.25) is 0 Å². The van der Waals surface area contributed by atoms with Crippen LogP contribution in [0.5, 0.6) is 0 Å². The average Bonchev–Trinajstić information content (AvgIpc) is 2.55. The van der Waals surface area contributed by atoms with Gasteiger partial charge in [0.25, 0.3) is 0 Å². The Bertz CT molecular complexity index is 754. The van der Waals surface area contributed by atoms with Crippen LogP contribution < -0.4 is 0 Å². The van der Waals surface area contributed by atoms with Gasteiger partial charge in [-0.15, -0.1) is 0 Å². The maximum atomic E-state index is 6.29. The molecule has 4 rings (SSSR count). The first kappa shape index (κ1) is 12.5. The zero-order valence-electron chi connectivity index (χ0n) is 11.2. The number of benzene rings is 1. The van der Waals surface area contributed by atoms with E-state index >= 15 is 0 Å². The zero-order chi connectivity index (χ0) is 14.2. The van der Waals surface area contributed by atoms with Crippen LogP contribution >= 0.6 is 11.6 Å². The highest BCUT2D eigenvalue weighted by Gasteiger charge is 2.28. The molecule has 0 saturated carbocycles. The van der Waals surface area contributed by atoms with Crippen LogP contribution in [0.15, 0.2) is 46.6 Å². The van der Waals surface area contributed by atoms with Crippen molar-refractivity contribution in [3.05, 3.63) is 47.8 Å². The number of hydrogen-bond acceptors (Lipinski definition) is 5. The largest absolute Gasteiger partial charge is 0.266 e. The van der Waals surface area contributed by atoms with Gasteiger partial charge in [0.05, 0.1) is 5.56 Å². The van der Waals surface area contributed by atoms with Crippen molar-refractivity contribution in [2.45, 2.75) is 6.42 Å². The molecule has 1 aromatic carbocycles. The maximum Gasteiger partial charge on any atom is 0.176 e. The number of fused-ring (bicyclic) bond motifs is 3. The van der Waals surface area contributed by atoms with E-state index in [0.29, 0.717) is 16.7 Å². The fourth-order valence-corrected chi connectivity index (χ4v) is 2.73. The Hall–Kier alpha value is -2.27. The van der Waals surface area contributed by atoms with Crippen molar-refractivity contribution in [1.82, 2.24) is 15.0 Å². The average molecular weight is 298 g/mol. The van der Waals surface area contributed by atoms with Crippen molar-refractivity contribution >= 4 is 22.6 Å². The molecule has 1 aromatic heterocycles. The van der Waals surface area contributed by atoms with Crippen LogP contribution in [0.4, 0.5) is 0 Å². The van der Waals surface area contributed by atoms with Crippen molar-refractivity contribution in [3.63, 3.8) is 0 Å². The molecule has 0 atom stereocenters. The number of aromatic nitrogens is 2. The summed E-state index contributed by atoms with van der Waals surface area (Å²) in [7, 11) is 0. The Morgan fingerprint density at radius 1 is 1.14 bits per heavy atom. The van der Waals surface area contributed by atoms with Gasteiger partial charge in [-0.1, -0.05) is 41.9 Å². The van der Waals surface area contributed by atoms with Crippen molar-refractivity contribution in [2.75, 3.05) is 13.1 Å². The quantitative estimate of drug-likeness (QED) is 0.812. The second kappa shape index (κ2) is 4.93. The van der Waals surface area contributed by atoms with Gasteiger partial charge >= 0.3 is 0 Å². The summed E-state index contributed by atoms with van der Waals surface area (Å²) in [6, 6.07) is 9.83. The number of hydrazone groups is 1. The molecule has 2 aliphatic heterocycles. The van der Waals surface area contributed by atoms with Gasteiger partial charge in [-0.25, -0.2) is 15.0 Å². The van der Waals surface area contributed by atoms with Crippen LogP contribution in [-0.2, 0) is 0 Å². The van der Waals surface area contributed by atoms with E-state index in [1.54, 1.807) is 6.20 Å². The molecule has 0 fully saturated rings. The van der Waals surface area contributed by atoms with Crippen LogP contribution in [0, 0.1) is 0 Å². The van der Waals surface area contributed by atoms with Crippen LogP contribution in [0.3, 0.4) is 0 Å². The molecule has 0 unspecified atom stereocenters. The number of hydrogen-bond donors (Lipinski definition) is 0. The zero-order valence-corrected chi connectivity index (χ0v) is 12.0. The summed E-state index contributed by atoms with van der Waals surface area (Å²) in [5.74, 6) is 1.47. The standard InChI is InChI=1S/C15H12ClN5/c16-13-12-11(15-17-7-4-8-21(15)20-13)9-18-14(19-12)10-5-2-1-3-6-10/h1-3,5-6,9H,4,7-8H2. The summed E-state index contributed by atoms with van der Waals surface area (Å²) in [6.07, 6.45) is 2.77. The number of rotatable bonds is 1. The monoisotopic (exact) mass is 297 g/mol. The fraction of sp³-hybridized carbons (Fsp3) is 0.200. The third-order valence-electron chi connectivity index (χ3n) is 3.50. The number of halogens is 1. The van der Waals surface area contributed by atoms with E-state index in [-0.39, 0.29) is 0 Å². The Kier molecular flexibility index (Phi) is 2.93. The SMILES string of the molecule is ClC1=NN2CCCN=C2c2cnc(-c3ccccc3)nc21. The molecule has 0 spiro atoms. The van der Waals surface area contributed by atoms with Crippen molar-refractivity contribution in [3.8, 4) is 11.4 Å². The maximum absolute atomic E-state index is 6.29. The molecule has 2 aromatic rings. The van der Waals surface area contributed by atoms with E-state index in [9.17, 15) is 0 Å². The molecule has 3 heterocycles. The Morgan fingerprint density at radius 3 is 2.86 bits per heavy atom. The van der Waals surface area contributed by atoms with Gasteiger partial charge in [0.15, 0.2) is 16.8 Å². The van der Waals surface area contributed by atoms with Crippen molar-refractivity contribution < 1.29 is 0 Å². The number of aliphatic imine (C=N–C) groups is 1. The highest BCUT2D eigenvalue weighted by Crippen LogP contribution is 2.24. The molecular formula is C15H12ClN5. The van der Waals surface area contributed by atoms with Gasteiger partial charge < -0.3 is 0 Å². The summed E-state index contributed by atoms with van der Waals surface area (Å²) < 4.78 is 0. The van der Waals surface area contributed by atoms with Gasteiger partial charge in [-0.2, -0.15) is 5.10 Å². The van der Waals surface area contributed by atoms with E-state index < -0.39 is 0 Å². The summed E-state index contributed by atoms with van der Waals surface area (Å²) in [5, 5.41) is 6.60. The summed E-state index contributed by atoms with van der Waals surface area (Å²) in [5.41, 5.74) is 2.47. The summed E-state index contributed by atoms with van der Waals surface area (Å²) in [4.78, 5) is 13.6. The Labute approximate surface area is 127 Å². The first-order valence-corrected chi connectivity index (χ1v) is 7.20. The molecule has 0 N–H and O–H groups in total. The molecule has 0 amide bonds. The lowest BCUT2D eigenvalue weighted by Gasteiger charge is -2.29. The predicted molar refractivity (Wildman–Crippen MR) is 82.6 cm³/mol. The molecule has 0 aliphatic carbocycles. The third-order valence-corrected chi connectivity index (χ3v) is 3.75. The Morgan fingerprint density at radius 2 is 2.00 bits per heavy atom. The van der Waals surface area contributed by atoms with E-state index in [1.807, 2.05) is 35.3 Å². The van der Waals surface area contributed by atoms with E-state index in [4.69, 9.17) is 11.6 Å². The van der Waals surface area contributed by atoms with Gasteiger partial charge in [-0.05, 0) is 6.42 Å². The smallest absolute Gasteiger partial charge is 0.176 e. The topological polar surface area (TPSA) is 53.7 Å². The van der Waals surface area contributed by atoms with Gasteiger partial charge in [0, 0.05) is 24.8 Å². The second-order valence-electron chi connectivity index (χ2n) is 4.89. The lowest BCUT2D eigenvalue weighted by atomic mass is 10.1. The summed E-state index contributed by atoms with van der Waals surface area (Å²) in [6.45, 7) is 1.63. The van der Waals surface area contributed by atoms with Crippen LogP contribution in [0.2, 0.25) is 0 Å². The predicted octanol–water partition coefficient (Wildman–Crippen LogP) is 2.51. The lowest BCUT2D eigenvalue weighted by molar-refractivity contribution is 0.415. The first-order chi connectivity index (χ1) is 10.3. The molecule has 0 radical (unpaired) electrons. The minimum atomic E-state index is 0.394. The van der Waals surface area contributed by atoms with Crippen LogP contribution in [0.25, 0.3) is 11.4 Å². The molecule has 6 heteroatoms. The second-order valence-corrected chi connectivity index (χ2v) is 5.25. The van der Waals surface area contributed by atoms with Crippen molar-refractivity contribution in [2.24, 2.45) is 10.1 Å². The van der Waals surface area contributed by atoms with Crippen LogP contribution in [0.1, 0.15) is 17.7 Å². The number of amidine groups is 1. The van der Waals surface area contributed by atoms with E-state index in [0.717, 1.165) is 36.5 Å². The van der Waals surface area contributed by atoms with Crippen molar-refractivity contribution in [1.29, 1.82) is 0 Å². The Balaban J connectivity index is 1.85. The van der Waals surface area contributed by atoms with E-state index in [1.165, 1.54) is 0 Å². The highest BCUT2D eigenvalue weighted by molar-refractivity contribution is 6.70. The van der Waals surface area contributed by atoms with Gasteiger partial charge in [0.1, 0.15) is 5.69 Å². The molecule has 0 bridgehead atoms. The lowest BCUT2D eigenvalue weighted by Crippen LogP contribution is -2.37. The highest BCUT2D eigenvalue weighted by atomic mass is 35.5. The molecule has 0 saturated heterocycles. The first-order valence-electron chi connectivity index (χ1n) is 6.82. The summed E-state index contributed by atoms with van der Waals surface area (Å²) >= 11 is 6.29. The molecule has 104 valence electrons. The minimum Gasteiger partial charge on any atom is -0.266 e. The van der Waals surface area contributed by atoms with Crippen LogP contribution in [-0.4, -0.2) is 39.1 Å². The normalized spacial score (nSPS) is 16.7. The minimum absolute atomic E-state index is 0.394.